The minimum absolute atomic E-state index is 0.0168. The molecule has 6 heteroatoms. The van der Waals surface area contributed by atoms with Crippen LogP contribution in [0.1, 0.15) is 11.1 Å². The third-order valence-corrected chi connectivity index (χ3v) is 4.29. The summed E-state index contributed by atoms with van der Waals surface area (Å²) in [5, 5.41) is 25.9. The van der Waals surface area contributed by atoms with Crippen molar-refractivity contribution in [2.75, 3.05) is 5.43 Å². The van der Waals surface area contributed by atoms with Gasteiger partial charge in [-0.3, -0.25) is 15.5 Å². The van der Waals surface area contributed by atoms with Crippen molar-refractivity contribution in [3.05, 3.63) is 106 Å². The van der Waals surface area contributed by atoms with Crippen LogP contribution in [0.5, 0.6) is 0 Å². The number of benzene rings is 3. The second-order valence-corrected chi connectivity index (χ2v) is 6.39. The van der Waals surface area contributed by atoms with E-state index in [4.69, 9.17) is 0 Å². The van der Waals surface area contributed by atoms with E-state index in [0.717, 1.165) is 11.1 Å². The summed E-state index contributed by atoms with van der Waals surface area (Å²) < 4.78 is 0. The Bertz CT molecular complexity index is 926. The molecule has 0 aliphatic carbocycles. The van der Waals surface area contributed by atoms with Crippen molar-refractivity contribution < 1.29 is 10.0 Å². The third-order valence-electron chi connectivity index (χ3n) is 4.29. The highest BCUT2D eigenvalue weighted by Gasteiger charge is 2.15. The van der Waals surface area contributed by atoms with Gasteiger partial charge in [0.15, 0.2) is 0 Å². The van der Waals surface area contributed by atoms with E-state index in [2.05, 4.69) is 10.5 Å². The second-order valence-electron chi connectivity index (χ2n) is 6.39. The van der Waals surface area contributed by atoms with Gasteiger partial charge in [-0.05, 0) is 23.3 Å². The van der Waals surface area contributed by atoms with E-state index in [-0.39, 0.29) is 5.69 Å². The SMILES string of the molecule is O=[N+]([O-])c1ccc(N/N=C(\Cc2ccccc2)[C@@H](O)Cc2ccccc2)cc1. The van der Waals surface area contributed by atoms with Crippen molar-refractivity contribution in [3.8, 4) is 0 Å². The molecule has 0 heterocycles. The van der Waals surface area contributed by atoms with E-state index in [1.54, 1.807) is 12.1 Å². The van der Waals surface area contributed by atoms with Gasteiger partial charge in [-0.2, -0.15) is 5.10 Å². The highest BCUT2D eigenvalue weighted by atomic mass is 16.6. The fraction of sp³-hybridized carbons (Fsp3) is 0.136. The summed E-state index contributed by atoms with van der Waals surface area (Å²) >= 11 is 0. The van der Waals surface area contributed by atoms with Crippen LogP contribution in [0.25, 0.3) is 0 Å². The first-order chi connectivity index (χ1) is 13.6. The zero-order chi connectivity index (χ0) is 19.8. The monoisotopic (exact) mass is 375 g/mol. The number of anilines is 1. The van der Waals surface area contributed by atoms with Crippen molar-refractivity contribution in [1.82, 2.24) is 0 Å². The maximum Gasteiger partial charge on any atom is 0.269 e. The van der Waals surface area contributed by atoms with Gasteiger partial charge in [-0.1, -0.05) is 60.7 Å². The van der Waals surface area contributed by atoms with Gasteiger partial charge in [0.2, 0.25) is 0 Å². The number of hydrogen-bond acceptors (Lipinski definition) is 5. The minimum atomic E-state index is -0.756. The Balaban J connectivity index is 1.78. The number of aliphatic hydroxyl groups is 1. The Labute approximate surface area is 163 Å². The lowest BCUT2D eigenvalue weighted by Crippen LogP contribution is -2.26. The van der Waals surface area contributed by atoms with Crippen molar-refractivity contribution in [2.24, 2.45) is 5.10 Å². The number of nitro groups is 1. The summed E-state index contributed by atoms with van der Waals surface area (Å²) in [4.78, 5) is 10.3. The van der Waals surface area contributed by atoms with E-state index >= 15 is 0 Å². The number of nitrogens with one attached hydrogen (secondary N) is 1. The van der Waals surface area contributed by atoms with Crippen LogP contribution in [0.15, 0.2) is 90.0 Å². The largest absolute Gasteiger partial charge is 0.387 e. The van der Waals surface area contributed by atoms with Gasteiger partial charge in [-0.25, -0.2) is 0 Å². The smallest absolute Gasteiger partial charge is 0.269 e. The van der Waals surface area contributed by atoms with Crippen molar-refractivity contribution in [3.63, 3.8) is 0 Å². The van der Waals surface area contributed by atoms with Gasteiger partial charge >= 0.3 is 0 Å². The Kier molecular flexibility index (Phi) is 6.49. The van der Waals surface area contributed by atoms with E-state index in [1.807, 2.05) is 60.7 Å². The van der Waals surface area contributed by atoms with Crippen LogP contribution in [-0.4, -0.2) is 21.8 Å². The third kappa shape index (κ3) is 5.49. The van der Waals surface area contributed by atoms with Gasteiger partial charge in [0.05, 0.1) is 22.4 Å². The molecule has 0 aromatic heterocycles. The van der Waals surface area contributed by atoms with Crippen LogP contribution in [0, 0.1) is 10.1 Å². The lowest BCUT2D eigenvalue weighted by Gasteiger charge is -2.15. The molecule has 0 saturated heterocycles. The first-order valence-corrected chi connectivity index (χ1v) is 8.94. The molecule has 1 atom stereocenters. The molecule has 2 N–H and O–H groups in total. The maximum absolute atomic E-state index is 10.8. The molecule has 0 aliphatic heterocycles. The fourth-order valence-corrected chi connectivity index (χ4v) is 2.79. The molecule has 28 heavy (non-hydrogen) atoms. The molecular weight excluding hydrogens is 354 g/mol. The van der Waals surface area contributed by atoms with Crippen LogP contribution in [0.2, 0.25) is 0 Å². The highest BCUT2D eigenvalue weighted by Crippen LogP contribution is 2.16. The van der Waals surface area contributed by atoms with Gasteiger partial charge < -0.3 is 5.11 Å². The summed E-state index contributed by atoms with van der Waals surface area (Å²) in [7, 11) is 0. The van der Waals surface area contributed by atoms with Gasteiger partial charge in [0.25, 0.3) is 5.69 Å². The number of hydrogen-bond donors (Lipinski definition) is 2. The molecule has 0 spiro atoms. The lowest BCUT2D eigenvalue weighted by atomic mass is 9.99. The van der Waals surface area contributed by atoms with E-state index in [0.29, 0.717) is 24.2 Å². The summed E-state index contributed by atoms with van der Waals surface area (Å²) in [6.45, 7) is 0. The Hall–Kier alpha value is -3.51. The molecule has 0 fully saturated rings. The average molecular weight is 375 g/mol. The molecule has 0 bridgehead atoms. The molecule has 3 rings (SSSR count). The molecular formula is C22H21N3O3. The molecule has 3 aromatic rings. The summed E-state index contributed by atoms with van der Waals surface area (Å²) in [5.74, 6) is 0. The number of rotatable bonds is 8. The van der Waals surface area contributed by atoms with Gasteiger partial charge in [0.1, 0.15) is 0 Å². The number of aliphatic hydroxyl groups excluding tert-OH is 1. The van der Waals surface area contributed by atoms with Crippen LogP contribution in [0.3, 0.4) is 0 Å². The predicted molar refractivity (Wildman–Crippen MR) is 110 cm³/mol. The van der Waals surface area contributed by atoms with Gasteiger partial charge in [0, 0.05) is 25.0 Å². The first-order valence-electron chi connectivity index (χ1n) is 8.94. The number of nitro benzene ring substituents is 1. The van der Waals surface area contributed by atoms with Gasteiger partial charge in [-0.15, -0.1) is 0 Å². The molecule has 142 valence electrons. The summed E-state index contributed by atoms with van der Waals surface area (Å²) in [6.07, 6.45) is 0.191. The van der Waals surface area contributed by atoms with Crippen molar-refractivity contribution in [2.45, 2.75) is 18.9 Å². The molecule has 0 aliphatic rings. The first kappa shape index (κ1) is 19.3. The standard InChI is InChI=1S/C22H21N3O3/c26-22(16-18-9-5-2-6-10-18)21(15-17-7-3-1-4-8-17)24-23-19-11-13-20(14-12-19)25(27)28/h1-14,22-23,26H,15-16H2/b24-21+/t22-/m0/s1. The molecule has 3 aromatic carbocycles. The predicted octanol–water partition coefficient (Wildman–Crippen LogP) is 4.21. The maximum atomic E-state index is 10.8. The highest BCUT2D eigenvalue weighted by molar-refractivity contribution is 5.91. The molecule has 6 nitrogen and oxygen atoms in total. The zero-order valence-electron chi connectivity index (χ0n) is 15.2. The van der Waals surface area contributed by atoms with E-state index in [1.165, 1.54) is 12.1 Å². The van der Waals surface area contributed by atoms with Crippen molar-refractivity contribution in [1.29, 1.82) is 0 Å². The number of hydrazone groups is 1. The Morgan fingerprint density at radius 3 is 2.07 bits per heavy atom. The summed E-state index contributed by atoms with van der Waals surface area (Å²) in [5.41, 5.74) is 6.19. The fourth-order valence-electron chi connectivity index (χ4n) is 2.79. The quantitative estimate of drug-likeness (QED) is 0.351. The van der Waals surface area contributed by atoms with Crippen LogP contribution in [-0.2, 0) is 12.8 Å². The molecule has 0 unspecified atom stereocenters. The Morgan fingerprint density at radius 1 is 0.929 bits per heavy atom. The Morgan fingerprint density at radius 2 is 1.50 bits per heavy atom. The molecule has 0 radical (unpaired) electrons. The lowest BCUT2D eigenvalue weighted by molar-refractivity contribution is -0.384. The van der Waals surface area contributed by atoms with Crippen molar-refractivity contribution >= 4 is 17.1 Å². The minimum Gasteiger partial charge on any atom is -0.387 e. The number of non-ortho nitro benzene ring substituents is 1. The normalized spacial score (nSPS) is 12.4. The molecule has 0 saturated carbocycles. The van der Waals surface area contributed by atoms with Crippen LogP contribution >= 0.6 is 0 Å². The molecule has 0 amide bonds. The van der Waals surface area contributed by atoms with E-state index < -0.39 is 11.0 Å². The zero-order valence-corrected chi connectivity index (χ0v) is 15.2. The van der Waals surface area contributed by atoms with Crippen LogP contribution in [0.4, 0.5) is 11.4 Å². The van der Waals surface area contributed by atoms with E-state index in [9.17, 15) is 15.2 Å². The summed E-state index contributed by atoms with van der Waals surface area (Å²) in [6, 6.07) is 25.5. The second kappa shape index (κ2) is 9.43. The average Bonchev–Trinajstić information content (AvgIpc) is 2.73. The number of nitrogens with zero attached hydrogens (tertiary/aromatic N) is 2. The topological polar surface area (TPSA) is 87.8 Å². The van der Waals surface area contributed by atoms with Crippen LogP contribution < -0.4 is 5.43 Å².